The van der Waals surface area contributed by atoms with Crippen molar-refractivity contribution in [3.63, 3.8) is 0 Å². The summed E-state index contributed by atoms with van der Waals surface area (Å²) in [7, 11) is 0. The fourth-order valence-electron chi connectivity index (χ4n) is 4.03. The number of halogens is 1. The molecule has 0 bridgehead atoms. The number of carbonyl (C=O) groups is 1. The molecule has 2 aromatic heterocycles. The van der Waals surface area contributed by atoms with Crippen LogP contribution >= 0.6 is 11.6 Å². The van der Waals surface area contributed by atoms with Crippen LogP contribution in [0.15, 0.2) is 65.6 Å². The zero-order chi connectivity index (χ0) is 22.7. The number of aromatic nitrogens is 3. The number of fused-ring (bicyclic) bond motifs is 1. The molecule has 0 unspecified atom stereocenters. The normalized spacial score (nSPS) is 11.1. The first kappa shape index (κ1) is 21.8. The standard InChI is InChI=1S/C25H25ClN4O2/c1-17-22-16-28-30(21-10-4-3-5-11-21)25(32)24(22)18(2)29(17)13-7-12-23(31)27-15-19-8-6-9-20(26)14-19/h3-6,8-11,14,16H,7,12-13,15H2,1-2H3,(H,27,31). The smallest absolute Gasteiger partial charge is 0.281 e. The summed E-state index contributed by atoms with van der Waals surface area (Å²) < 4.78 is 3.54. The minimum Gasteiger partial charge on any atom is -0.352 e. The second kappa shape index (κ2) is 9.40. The first-order chi connectivity index (χ1) is 15.5. The number of benzene rings is 2. The summed E-state index contributed by atoms with van der Waals surface area (Å²) in [5.74, 6) is -0.00917. The van der Waals surface area contributed by atoms with Gasteiger partial charge in [-0.25, -0.2) is 0 Å². The van der Waals surface area contributed by atoms with Crippen molar-refractivity contribution >= 4 is 28.3 Å². The molecule has 2 heterocycles. The molecule has 0 saturated heterocycles. The minimum atomic E-state index is -0.132. The summed E-state index contributed by atoms with van der Waals surface area (Å²) in [6, 6.07) is 16.8. The van der Waals surface area contributed by atoms with Crippen molar-refractivity contribution in [1.82, 2.24) is 19.7 Å². The molecule has 6 nitrogen and oxygen atoms in total. The maximum atomic E-state index is 13.2. The average molecular weight is 449 g/mol. The van der Waals surface area contributed by atoms with Crippen LogP contribution in [-0.4, -0.2) is 20.3 Å². The largest absolute Gasteiger partial charge is 0.352 e. The Morgan fingerprint density at radius 3 is 2.59 bits per heavy atom. The van der Waals surface area contributed by atoms with Gasteiger partial charge in [0, 0.05) is 41.3 Å². The van der Waals surface area contributed by atoms with Crippen molar-refractivity contribution in [2.45, 2.75) is 39.8 Å². The minimum absolute atomic E-state index is 0.00917. The molecule has 0 fully saturated rings. The Labute approximate surface area is 191 Å². The van der Waals surface area contributed by atoms with Crippen LogP contribution in [0.25, 0.3) is 16.5 Å². The van der Waals surface area contributed by atoms with E-state index in [1.54, 1.807) is 6.20 Å². The molecule has 4 rings (SSSR count). The van der Waals surface area contributed by atoms with Gasteiger partial charge in [-0.1, -0.05) is 41.9 Å². The second-order valence-electron chi connectivity index (χ2n) is 7.82. The Hall–Kier alpha value is -3.38. The lowest BCUT2D eigenvalue weighted by Crippen LogP contribution is -2.23. The van der Waals surface area contributed by atoms with E-state index in [9.17, 15) is 9.59 Å². The Kier molecular flexibility index (Phi) is 6.42. The number of rotatable bonds is 7. The van der Waals surface area contributed by atoms with Gasteiger partial charge in [-0.05, 0) is 50.1 Å². The third-order valence-electron chi connectivity index (χ3n) is 5.70. The number of para-hydroxylation sites is 1. The first-order valence-electron chi connectivity index (χ1n) is 10.6. The van der Waals surface area contributed by atoms with Crippen LogP contribution in [0, 0.1) is 13.8 Å². The molecule has 1 amide bonds. The molecule has 0 atom stereocenters. The Balaban J connectivity index is 1.46. The number of carbonyl (C=O) groups excluding carboxylic acids is 1. The highest BCUT2D eigenvalue weighted by molar-refractivity contribution is 6.30. The molecular weight excluding hydrogens is 424 g/mol. The van der Waals surface area contributed by atoms with Gasteiger partial charge in [0.25, 0.3) is 5.56 Å². The Morgan fingerprint density at radius 1 is 1.06 bits per heavy atom. The van der Waals surface area contributed by atoms with Crippen molar-refractivity contribution in [2.75, 3.05) is 0 Å². The summed E-state index contributed by atoms with van der Waals surface area (Å²) in [5.41, 5.74) is 3.46. The summed E-state index contributed by atoms with van der Waals surface area (Å²) in [6.45, 7) is 5.05. The molecular formula is C25H25ClN4O2. The topological polar surface area (TPSA) is 68.9 Å². The van der Waals surface area contributed by atoms with Gasteiger partial charge in [-0.15, -0.1) is 0 Å². The van der Waals surface area contributed by atoms with Crippen molar-refractivity contribution in [3.05, 3.63) is 93.1 Å². The lowest BCUT2D eigenvalue weighted by atomic mass is 10.2. The van der Waals surface area contributed by atoms with E-state index in [0.29, 0.717) is 36.3 Å². The quantitative estimate of drug-likeness (QED) is 0.450. The lowest BCUT2D eigenvalue weighted by Gasteiger charge is -2.10. The highest BCUT2D eigenvalue weighted by atomic mass is 35.5. The highest BCUT2D eigenvalue weighted by Crippen LogP contribution is 2.23. The van der Waals surface area contributed by atoms with E-state index >= 15 is 0 Å². The SMILES string of the molecule is Cc1c2cnn(-c3ccccc3)c(=O)c2c(C)n1CCCC(=O)NCc1cccc(Cl)c1. The monoisotopic (exact) mass is 448 g/mol. The molecule has 7 heteroatoms. The van der Waals surface area contributed by atoms with E-state index in [0.717, 1.165) is 28.0 Å². The van der Waals surface area contributed by atoms with Crippen molar-refractivity contribution < 1.29 is 4.79 Å². The fourth-order valence-corrected chi connectivity index (χ4v) is 4.24. The maximum absolute atomic E-state index is 13.2. The molecule has 0 aliphatic rings. The van der Waals surface area contributed by atoms with E-state index in [4.69, 9.17) is 11.6 Å². The molecule has 0 aliphatic heterocycles. The Bertz CT molecular complexity index is 1330. The van der Waals surface area contributed by atoms with E-state index < -0.39 is 0 Å². The van der Waals surface area contributed by atoms with Crippen molar-refractivity contribution in [3.8, 4) is 5.69 Å². The summed E-state index contributed by atoms with van der Waals surface area (Å²) >= 11 is 5.99. The van der Waals surface area contributed by atoms with Gasteiger partial charge in [0.15, 0.2) is 0 Å². The third kappa shape index (κ3) is 4.46. The number of hydrogen-bond donors (Lipinski definition) is 1. The lowest BCUT2D eigenvalue weighted by molar-refractivity contribution is -0.121. The van der Waals surface area contributed by atoms with Gasteiger partial charge in [0.2, 0.25) is 5.91 Å². The van der Waals surface area contributed by atoms with Crippen LogP contribution in [0.1, 0.15) is 29.8 Å². The molecule has 32 heavy (non-hydrogen) atoms. The number of hydrogen-bond acceptors (Lipinski definition) is 3. The maximum Gasteiger partial charge on any atom is 0.281 e. The number of nitrogens with one attached hydrogen (secondary N) is 1. The van der Waals surface area contributed by atoms with E-state index in [1.165, 1.54) is 4.68 Å². The molecule has 4 aromatic rings. The number of aryl methyl sites for hydroxylation is 2. The van der Waals surface area contributed by atoms with Crippen LogP contribution in [0.3, 0.4) is 0 Å². The predicted molar refractivity (Wildman–Crippen MR) is 127 cm³/mol. The van der Waals surface area contributed by atoms with Gasteiger partial charge in [0.1, 0.15) is 0 Å². The molecule has 2 aromatic carbocycles. The highest BCUT2D eigenvalue weighted by Gasteiger charge is 2.17. The van der Waals surface area contributed by atoms with Crippen LogP contribution in [0.4, 0.5) is 0 Å². The van der Waals surface area contributed by atoms with Gasteiger partial charge in [0.05, 0.1) is 17.3 Å². The molecule has 0 spiro atoms. The molecule has 1 N–H and O–H groups in total. The third-order valence-corrected chi connectivity index (χ3v) is 5.94. The molecule has 0 aliphatic carbocycles. The zero-order valence-corrected chi connectivity index (χ0v) is 18.9. The van der Waals surface area contributed by atoms with E-state index in [1.807, 2.05) is 68.4 Å². The number of amides is 1. The van der Waals surface area contributed by atoms with Gasteiger partial charge in [-0.3, -0.25) is 9.59 Å². The van der Waals surface area contributed by atoms with Gasteiger partial charge in [-0.2, -0.15) is 9.78 Å². The summed E-state index contributed by atoms with van der Waals surface area (Å²) in [5, 5.41) is 9.49. The average Bonchev–Trinajstić information content (AvgIpc) is 3.04. The van der Waals surface area contributed by atoms with Gasteiger partial charge < -0.3 is 9.88 Å². The van der Waals surface area contributed by atoms with Crippen molar-refractivity contribution in [1.29, 1.82) is 0 Å². The summed E-state index contributed by atoms with van der Waals surface area (Å²) in [6.07, 6.45) is 2.82. The molecule has 0 saturated carbocycles. The summed E-state index contributed by atoms with van der Waals surface area (Å²) in [4.78, 5) is 25.4. The van der Waals surface area contributed by atoms with Crippen LogP contribution in [-0.2, 0) is 17.9 Å². The predicted octanol–water partition coefficient (Wildman–Crippen LogP) is 4.55. The van der Waals surface area contributed by atoms with Crippen LogP contribution in [0.2, 0.25) is 5.02 Å². The molecule has 164 valence electrons. The second-order valence-corrected chi connectivity index (χ2v) is 8.25. The van der Waals surface area contributed by atoms with Gasteiger partial charge >= 0.3 is 0 Å². The first-order valence-corrected chi connectivity index (χ1v) is 11.0. The molecule has 0 radical (unpaired) electrons. The Morgan fingerprint density at radius 2 is 1.84 bits per heavy atom. The number of nitrogens with zero attached hydrogens (tertiary/aromatic N) is 3. The van der Waals surface area contributed by atoms with Crippen molar-refractivity contribution in [2.24, 2.45) is 0 Å². The van der Waals surface area contributed by atoms with Crippen LogP contribution < -0.4 is 10.9 Å². The zero-order valence-electron chi connectivity index (χ0n) is 18.1. The van der Waals surface area contributed by atoms with E-state index in [-0.39, 0.29) is 11.5 Å². The fraction of sp³-hybridized carbons (Fsp3) is 0.240. The van der Waals surface area contributed by atoms with E-state index in [2.05, 4.69) is 15.0 Å². The van der Waals surface area contributed by atoms with Crippen LogP contribution in [0.5, 0.6) is 0 Å².